The van der Waals surface area contributed by atoms with E-state index in [0.717, 1.165) is 5.69 Å². The third-order valence-corrected chi connectivity index (χ3v) is 3.69. The Balaban J connectivity index is 2.07. The average molecular weight is 342 g/mol. The maximum atomic E-state index is 12.4. The Kier molecular flexibility index (Phi) is 6.22. The molecule has 134 valence electrons. The summed E-state index contributed by atoms with van der Waals surface area (Å²) in [5.74, 6) is -0.207. The lowest BCUT2D eigenvalue weighted by molar-refractivity contribution is 0.0916. The van der Waals surface area contributed by atoms with Crippen LogP contribution in [0.5, 0.6) is 0 Å². The fourth-order valence-electron chi connectivity index (χ4n) is 2.46. The summed E-state index contributed by atoms with van der Waals surface area (Å²) >= 11 is 0. The van der Waals surface area contributed by atoms with Gasteiger partial charge in [0.25, 0.3) is 5.91 Å². The van der Waals surface area contributed by atoms with Crippen molar-refractivity contribution in [2.75, 3.05) is 0 Å². The Labute approximate surface area is 148 Å². The topological polar surface area (TPSA) is 101 Å². The zero-order valence-corrected chi connectivity index (χ0v) is 14.9. The van der Waals surface area contributed by atoms with Gasteiger partial charge in [-0.1, -0.05) is 6.07 Å². The van der Waals surface area contributed by atoms with Gasteiger partial charge < -0.3 is 16.2 Å². The predicted molar refractivity (Wildman–Crippen MR) is 97.1 cm³/mol. The van der Waals surface area contributed by atoms with Crippen LogP contribution < -0.4 is 11.1 Å². The van der Waals surface area contributed by atoms with Crippen LogP contribution in [0.1, 0.15) is 42.5 Å². The first-order chi connectivity index (χ1) is 11.8. The van der Waals surface area contributed by atoms with E-state index in [9.17, 15) is 9.90 Å². The Morgan fingerprint density at radius 1 is 1.16 bits per heavy atom. The zero-order valence-electron chi connectivity index (χ0n) is 14.9. The van der Waals surface area contributed by atoms with Gasteiger partial charge in [-0.05, 0) is 45.0 Å². The summed E-state index contributed by atoms with van der Waals surface area (Å²) in [7, 11) is 0. The molecule has 25 heavy (non-hydrogen) atoms. The smallest absolute Gasteiger partial charge is 0.253 e. The number of rotatable bonds is 6. The quantitative estimate of drug-likeness (QED) is 0.738. The molecule has 0 aliphatic carbocycles. The Morgan fingerprint density at radius 2 is 1.88 bits per heavy atom. The SMILES string of the molecule is CC(C)(C)NC(=O)c1cccnc1CC(O)C(N)Cc1ccccn1. The molecule has 6 nitrogen and oxygen atoms in total. The number of nitrogens with one attached hydrogen (secondary N) is 1. The van der Waals surface area contributed by atoms with Crippen LogP contribution in [0.15, 0.2) is 42.7 Å². The summed E-state index contributed by atoms with van der Waals surface area (Å²) in [5, 5.41) is 13.4. The van der Waals surface area contributed by atoms with E-state index in [4.69, 9.17) is 5.73 Å². The number of nitrogens with two attached hydrogens (primary N) is 1. The molecular weight excluding hydrogens is 316 g/mol. The normalized spacial score (nSPS) is 14.0. The van der Waals surface area contributed by atoms with E-state index in [-0.39, 0.29) is 17.9 Å². The summed E-state index contributed by atoms with van der Waals surface area (Å²) in [6, 6.07) is 8.52. The van der Waals surface area contributed by atoms with Gasteiger partial charge in [-0.15, -0.1) is 0 Å². The van der Waals surface area contributed by atoms with Crippen LogP contribution in [-0.2, 0) is 12.8 Å². The van der Waals surface area contributed by atoms with Gasteiger partial charge in [-0.2, -0.15) is 0 Å². The first-order valence-corrected chi connectivity index (χ1v) is 8.36. The van der Waals surface area contributed by atoms with E-state index in [1.165, 1.54) is 0 Å². The lowest BCUT2D eigenvalue weighted by Crippen LogP contribution is -2.42. The molecule has 2 aromatic heterocycles. The molecule has 2 unspecified atom stereocenters. The number of carbonyl (C=O) groups is 1. The van der Waals surface area contributed by atoms with E-state index < -0.39 is 12.1 Å². The molecule has 0 aromatic carbocycles. The molecule has 2 atom stereocenters. The van der Waals surface area contributed by atoms with Crippen LogP contribution in [-0.4, -0.2) is 38.7 Å². The molecule has 0 aliphatic heterocycles. The third kappa shape index (κ3) is 5.92. The maximum absolute atomic E-state index is 12.4. The number of aromatic nitrogens is 2. The number of carbonyl (C=O) groups excluding carboxylic acids is 1. The van der Waals surface area contributed by atoms with Crippen LogP contribution in [0.3, 0.4) is 0 Å². The molecule has 0 fully saturated rings. The minimum absolute atomic E-state index is 0.207. The molecule has 0 saturated heterocycles. The van der Waals surface area contributed by atoms with Gasteiger partial charge in [0.1, 0.15) is 0 Å². The second-order valence-electron chi connectivity index (χ2n) is 7.16. The number of hydrogen-bond acceptors (Lipinski definition) is 5. The summed E-state index contributed by atoms with van der Waals surface area (Å²) in [5.41, 5.74) is 7.57. The molecule has 0 saturated carbocycles. The molecule has 2 aromatic rings. The van der Waals surface area contributed by atoms with E-state index in [1.54, 1.807) is 24.5 Å². The van der Waals surface area contributed by atoms with Gasteiger partial charge in [-0.3, -0.25) is 14.8 Å². The molecule has 6 heteroatoms. The maximum Gasteiger partial charge on any atom is 0.253 e. The first kappa shape index (κ1) is 19.0. The van der Waals surface area contributed by atoms with Crippen molar-refractivity contribution in [1.29, 1.82) is 0 Å². The highest BCUT2D eigenvalue weighted by Crippen LogP contribution is 2.13. The van der Waals surface area contributed by atoms with Gasteiger partial charge in [0.2, 0.25) is 0 Å². The van der Waals surface area contributed by atoms with Crippen molar-refractivity contribution in [1.82, 2.24) is 15.3 Å². The van der Waals surface area contributed by atoms with Crippen molar-refractivity contribution in [3.63, 3.8) is 0 Å². The highest BCUT2D eigenvalue weighted by atomic mass is 16.3. The van der Waals surface area contributed by atoms with E-state index in [2.05, 4.69) is 15.3 Å². The number of aliphatic hydroxyl groups is 1. The van der Waals surface area contributed by atoms with Crippen molar-refractivity contribution in [2.45, 2.75) is 51.3 Å². The van der Waals surface area contributed by atoms with Gasteiger partial charge in [0.15, 0.2) is 0 Å². The second-order valence-corrected chi connectivity index (χ2v) is 7.16. The summed E-state index contributed by atoms with van der Waals surface area (Å²) in [6.45, 7) is 5.75. The van der Waals surface area contributed by atoms with Crippen LogP contribution in [0.4, 0.5) is 0 Å². The summed E-state index contributed by atoms with van der Waals surface area (Å²) in [6.07, 6.45) is 3.15. The first-order valence-electron chi connectivity index (χ1n) is 8.36. The minimum atomic E-state index is -0.821. The minimum Gasteiger partial charge on any atom is -0.391 e. The Bertz CT molecular complexity index is 698. The Hall–Kier alpha value is -2.31. The van der Waals surface area contributed by atoms with Crippen LogP contribution in [0.2, 0.25) is 0 Å². The summed E-state index contributed by atoms with van der Waals surface area (Å²) < 4.78 is 0. The molecule has 0 aliphatic rings. The van der Waals surface area contributed by atoms with Crippen molar-refractivity contribution < 1.29 is 9.90 Å². The van der Waals surface area contributed by atoms with Gasteiger partial charge >= 0.3 is 0 Å². The fourth-order valence-corrected chi connectivity index (χ4v) is 2.46. The predicted octanol–water partition coefficient (Wildman–Crippen LogP) is 1.48. The van der Waals surface area contributed by atoms with Crippen molar-refractivity contribution >= 4 is 5.91 Å². The molecular formula is C19H26N4O2. The molecule has 0 spiro atoms. The third-order valence-electron chi connectivity index (χ3n) is 3.69. The molecule has 2 rings (SSSR count). The van der Waals surface area contributed by atoms with Crippen LogP contribution >= 0.6 is 0 Å². The zero-order chi connectivity index (χ0) is 18.4. The van der Waals surface area contributed by atoms with Gasteiger partial charge in [0.05, 0.1) is 17.4 Å². The standard InChI is InChI=1S/C19H26N4O2/c1-19(2,3)23-18(25)14-8-6-10-22-16(14)12-17(24)15(20)11-13-7-4-5-9-21-13/h4-10,15,17,24H,11-12,20H2,1-3H3,(H,23,25). The number of amides is 1. The van der Waals surface area contributed by atoms with Gasteiger partial charge in [-0.25, -0.2) is 0 Å². The van der Waals surface area contributed by atoms with Crippen molar-refractivity contribution in [3.05, 3.63) is 59.7 Å². The summed E-state index contributed by atoms with van der Waals surface area (Å²) in [4.78, 5) is 20.9. The Morgan fingerprint density at radius 3 is 2.52 bits per heavy atom. The second kappa shape index (κ2) is 8.18. The number of pyridine rings is 2. The van der Waals surface area contributed by atoms with Gasteiger partial charge in [0, 0.05) is 42.5 Å². The highest BCUT2D eigenvalue weighted by Gasteiger charge is 2.22. The average Bonchev–Trinajstić information content (AvgIpc) is 2.54. The number of aliphatic hydroxyl groups excluding tert-OH is 1. The van der Waals surface area contributed by atoms with Crippen molar-refractivity contribution in [2.24, 2.45) is 5.73 Å². The lowest BCUT2D eigenvalue weighted by Gasteiger charge is -2.22. The molecule has 0 bridgehead atoms. The lowest BCUT2D eigenvalue weighted by atomic mass is 9.98. The molecule has 0 radical (unpaired) electrons. The molecule has 1 amide bonds. The fraction of sp³-hybridized carbons (Fsp3) is 0.421. The van der Waals surface area contributed by atoms with Crippen molar-refractivity contribution in [3.8, 4) is 0 Å². The monoisotopic (exact) mass is 342 g/mol. The van der Waals surface area contributed by atoms with E-state index >= 15 is 0 Å². The van der Waals surface area contributed by atoms with Crippen LogP contribution in [0.25, 0.3) is 0 Å². The van der Waals surface area contributed by atoms with Crippen LogP contribution in [0, 0.1) is 0 Å². The molecule has 2 heterocycles. The molecule has 4 N–H and O–H groups in total. The van der Waals surface area contributed by atoms with E-state index in [0.29, 0.717) is 17.7 Å². The largest absolute Gasteiger partial charge is 0.391 e. The van der Waals surface area contributed by atoms with E-state index in [1.807, 2.05) is 39.0 Å². The number of nitrogens with zero attached hydrogens (tertiary/aromatic N) is 2. The number of hydrogen-bond donors (Lipinski definition) is 3. The highest BCUT2D eigenvalue weighted by molar-refractivity contribution is 5.95.